The van der Waals surface area contributed by atoms with E-state index in [1.165, 1.54) is 0 Å². The van der Waals surface area contributed by atoms with Gasteiger partial charge in [0.05, 0.1) is 5.52 Å². The fraction of sp³-hybridized carbons (Fsp3) is 0.375. The highest BCUT2D eigenvalue weighted by atomic mass is 16.3. The third-order valence-corrected chi connectivity index (χ3v) is 3.47. The number of aromatic nitrogens is 1. The average molecular weight is 273 g/mol. The van der Waals surface area contributed by atoms with E-state index in [1.807, 2.05) is 26.0 Å². The molecule has 0 saturated carbocycles. The molecule has 106 valence electrons. The summed E-state index contributed by atoms with van der Waals surface area (Å²) in [6.45, 7) is 8.12. The van der Waals surface area contributed by atoms with Crippen LogP contribution in [-0.2, 0) is 0 Å². The molecule has 0 unspecified atom stereocenters. The molecule has 2 N–H and O–H groups in total. The van der Waals surface area contributed by atoms with E-state index in [2.05, 4.69) is 18.8 Å². The van der Waals surface area contributed by atoms with Crippen molar-refractivity contribution in [3.05, 3.63) is 49.9 Å². The van der Waals surface area contributed by atoms with Crippen molar-refractivity contribution in [3.8, 4) is 5.75 Å². The number of rotatable bonds is 2. The van der Waals surface area contributed by atoms with Gasteiger partial charge in [0.1, 0.15) is 0 Å². The molecule has 0 aliphatic rings. The third kappa shape index (κ3) is 2.46. The molecule has 0 bridgehead atoms. The van der Waals surface area contributed by atoms with Gasteiger partial charge in [0.2, 0.25) is 0 Å². The van der Waals surface area contributed by atoms with E-state index in [0.717, 1.165) is 17.2 Å². The highest BCUT2D eigenvalue weighted by molar-refractivity contribution is 5.83. The Morgan fingerprint density at radius 3 is 2.20 bits per heavy atom. The summed E-state index contributed by atoms with van der Waals surface area (Å²) in [5, 5.41) is 10.0. The highest BCUT2D eigenvalue weighted by Crippen LogP contribution is 2.27. The number of H-pyrrole nitrogens is 1. The van der Waals surface area contributed by atoms with Crippen LogP contribution in [0.1, 0.15) is 50.7 Å². The van der Waals surface area contributed by atoms with E-state index >= 15 is 0 Å². The molecule has 4 heteroatoms. The summed E-state index contributed by atoms with van der Waals surface area (Å²) in [6, 6.07) is 4.81. The van der Waals surface area contributed by atoms with Crippen LogP contribution >= 0.6 is 0 Å². The second kappa shape index (κ2) is 5.12. The van der Waals surface area contributed by atoms with E-state index in [1.54, 1.807) is 0 Å². The van der Waals surface area contributed by atoms with Crippen LogP contribution < -0.4 is 11.0 Å². The molecule has 0 spiro atoms. The van der Waals surface area contributed by atoms with Crippen molar-refractivity contribution >= 4 is 10.9 Å². The van der Waals surface area contributed by atoms with Gasteiger partial charge in [0.15, 0.2) is 11.2 Å². The molecule has 20 heavy (non-hydrogen) atoms. The monoisotopic (exact) mass is 273 g/mol. The Kier molecular flexibility index (Phi) is 3.66. The SMILES string of the molecule is CC(C)c1cc(C(C)C)c2c(=O)cc(O)c(=O)[nH]c2c1. The normalized spacial score (nSPS) is 11.5. The van der Waals surface area contributed by atoms with Crippen molar-refractivity contribution in [2.75, 3.05) is 0 Å². The number of fused-ring (bicyclic) bond motifs is 1. The van der Waals surface area contributed by atoms with Gasteiger partial charge in [0.25, 0.3) is 5.56 Å². The van der Waals surface area contributed by atoms with Gasteiger partial charge in [-0.2, -0.15) is 0 Å². The standard InChI is InChI=1S/C16H19NO3/c1-8(2)10-5-11(9(3)4)15-12(6-10)17-16(20)14(19)7-13(15)18/h5-9,19H,1-4H3,(H,17,20). The summed E-state index contributed by atoms with van der Waals surface area (Å²) < 4.78 is 0. The molecule has 2 aromatic rings. The molecular weight excluding hydrogens is 254 g/mol. The van der Waals surface area contributed by atoms with Crippen LogP contribution in [0.25, 0.3) is 10.9 Å². The predicted molar refractivity (Wildman–Crippen MR) is 80.7 cm³/mol. The van der Waals surface area contributed by atoms with Crippen molar-refractivity contribution < 1.29 is 5.11 Å². The molecule has 0 fully saturated rings. The lowest BCUT2D eigenvalue weighted by Crippen LogP contribution is -2.04. The molecule has 1 aromatic carbocycles. The number of hydrogen-bond donors (Lipinski definition) is 2. The minimum absolute atomic E-state index is 0.150. The molecule has 1 aromatic heterocycles. The predicted octanol–water partition coefficient (Wildman–Crippen LogP) is 2.84. The van der Waals surface area contributed by atoms with Gasteiger partial charge in [-0.15, -0.1) is 0 Å². The van der Waals surface area contributed by atoms with Gasteiger partial charge >= 0.3 is 0 Å². The number of benzene rings is 1. The van der Waals surface area contributed by atoms with E-state index in [-0.39, 0.29) is 17.3 Å². The zero-order valence-corrected chi connectivity index (χ0v) is 12.2. The van der Waals surface area contributed by atoms with Gasteiger partial charge in [-0.25, -0.2) is 0 Å². The van der Waals surface area contributed by atoms with E-state index in [0.29, 0.717) is 10.9 Å². The first-order valence-electron chi connectivity index (χ1n) is 6.75. The van der Waals surface area contributed by atoms with E-state index in [4.69, 9.17) is 0 Å². The van der Waals surface area contributed by atoms with E-state index in [9.17, 15) is 14.7 Å². The molecule has 0 atom stereocenters. The Bertz CT molecular complexity index is 773. The molecular formula is C16H19NO3. The first-order valence-corrected chi connectivity index (χ1v) is 6.75. The lowest BCUT2D eigenvalue weighted by Gasteiger charge is -2.13. The largest absolute Gasteiger partial charge is 0.503 e. The van der Waals surface area contributed by atoms with E-state index < -0.39 is 11.3 Å². The van der Waals surface area contributed by atoms with Gasteiger partial charge in [0, 0.05) is 11.5 Å². The van der Waals surface area contributed by atoms with Gasteiger partial charge < -0.3 is 10.1 Å². The third-order valence-electron chi connectivity index (χ3n) is 3.47. The van der Waals surface area contributed by atoms with Gasteiger partial charge in [-0.05, 0) is 29.0 Å². The Morgan fingerprint density at radius 2 is 1.65 bits per heavy atom. The Balaban J connectivity index is 3.06. The minimum atomic E-state index is -0.646. The Morgan fingerprint density at radius 1 is 1.00 bits per heavy atom. The Labute approximate surface area is 117 Å². The molecule has 0 radical (unpaired) electrons. The first kappa shape index (κ1) is 14.3. The second-order valence-electron chi connectivity index (χ2n) is 5.69. The van der Waals surface area contributed by atoms with Crippen LogP contribution in [0.4, 0.5) is 0 Å². The number of aromatic hydroxyl groups is 1. The maximum absolute atomic E-state index is 12.2. The van der Waals surface area contributed by atoms with Crippen LogP contribution in [0.15, 0.2) is 27.8 Å². The van der Waals surface area contributed by atoms with Crippen molar-refractivity contribution in [3.63, 3.8) is 0 Å². The maximum atomic E-state index is 12.2. The Hall–Kier alpha value is -2.10. The lowest BCUT2D eigenvalue weighted by molar-refractivity contribution is 0.468. The van der Waals surface area contributed by atoms with Crippen LogP contribution in [0.2, 0.25) is 0 Å². The van der Waals surface area contributed by atoms with Crippen LogP contribution in [-0.4, -0.2) is 10.1 Å². The molecule has 4 nitrogen and oxygen atoms in total. The molecule has 1 heterocycles. The molecule has 0 aliphatic carbocycles. The average Bonchev–Trinajstić information content (AvgIpc) is 2.46. The summed E-state index contributed by atoms with van der Waals surface area (Å²) in [5.74, 6) is -0.112. The summed E-state index contributed by atoms with van der Waals surface area (Å²) in [6.07, 6.45) is 0. The van der Waals surface area contributed by atoms with Crippen molar-refractivity contribution in [1.82, 2.24) is 4.98 Å². The summed E-state index contributed by atoms with van der Waals surface area (Å²) >= 11 is 0. The van der Waals surface area contributed by atoms with Crippen LogP contribution in [0, 0.1) is 0 Å². The minimum Gasteiger partial charge on any atom is -0.503 e. The van der Waals surface area contributed by atoms with Crippen LogP contribution in [0.3, 0.4) is 0 Å². The van der Waals surface area contributed by atoms with Gasteiger partial charge in [-0.3, -0.25) is 9.59 Å². The smallest absolute Gasteiger partial charge is 0.290 e. The first-order chi connectivity index (χ1) is 9.31. The fourth-order valence-corrected chi connectivity index (χ4v) is 2.30. The summed E-state index contributed by atoms with van der Waals surface area (Å²) in [5.41, 5.74) is 1.45. The summed E-state index contributed by atoms with van der Waals surface area (Å²) in [7, 11) is 0. The molecule has 0 amide bonds. The number of aromatic amines is 1. The molecule has 0 saturated heterocycles. The van der Waals surface area contributed by atoms with Gasteiger partial charge in [-0.1, -0.05) is 33.8 Å². The number of hydrogen-bond acceptors (Lipinski definition) is 3. The zero-order chi connectivity index (χ0) is 15.0. The van der Waals surface area contributed by atoms with Crippen LogP contribution in [0.5, 0.6) is 5.75 Å². The topological polar surface area (TPSA) is 70.2 Å². The van der Waals surface area contributed by atoms with Crippen molar-refractivity contribution in [2.24, 2.45) is 0 Å². The second-order valence-corrected chi connectivity index (χ2v) is 5.69. The fourth-order valence-electron chi connectivity index (χ4n) is 2.30. The molecule has 0 aliphatic heterocycles. The number of nitrogens with one attached hydrogen (secondary N) is 1. The lowest BCUT2D eigenvalue weighted by atomic mass is 9.92. The quantitative estimate of drug-likeness (QED) is 0.884. The summed E-state index contributed by atoms with van der Waals surface area (Å²) in [4.78, 5) is 26.6. The molecule has 2 rings (SSSR count). The highest BCUT2D eigenvalue weighted by Gasteiger charge is 2.13. The van der Waals surface area contributed by atoms with Crippen molar-refractivity contribution in [1.29, 1.82) is 0 Å². The maximum Gasteiger partial charge on any atom is 0.290 e. The van der Waals surface area contributed by atoms with Crippen molar-refractivity contribution in [2.45, 2.75) is 39.5 Å². The zero-order valence-electron chi connectivity index (χ0n) is 12.2.